The Morgan fingerprint density at radius 2 is 2.26 bits per heavy atom. The maximum atomic E-state index is 5.94. The lowest BCUT2D eigenvalue weighted by Crippen LogP contribution is -2.44. The second kappa shape index (κ2) is 6.55. The van der Waals surface area contributed by atoms with Crippen molar-refractivity contribution in [2.24, 2.45) is 0 Å². The maximum Gasteiger partial charge on any atom is 0.120 e. The second-order valence-electron chi connectivity index (χ2n) is 5.84. The number of furan rings is 1. The third-order valence-corrected chi connectivity index (χ3v) is 4.00. The first-order valence-corrected chi connectivity index (χ1v) is 7.21. The fourth-order valence-electron chi connectivity index (χ4n) is 2.82. The first kappa shape index (κ1) is 14.6. The Hall–Kier alpha value is -0.840. The number of aryl methyl sites for hydroxylation is 1. The van der Waals surface area contributed by atoms with Crippen LogP contribution in [0.2, 0.25) is 0 Å². The summed E-state index contributed by atoms with van der Waals surface area (Å²) in [5.74, 6) is 2.17. The van der Waals surface area contributed by atoms with Gasteiger partial charge < -0.3 is 14.6 Å². The highest BCUT2D eigenvalue weighted by Crippen LogP contribution is 2.20. The van der Waals surface area contributed by atoms with Crippen LogP contribution in [0.15, 0.2) is 10.5 Å². The molecule has 108 valence electrons. The standard InChI is InChI=1S/C15H27N3O/c1-12-8-14(19-15(12)9-16-2)11-18-7-5-6-13(10-18)17(3)4/h8,13,16H,5-7,9-11H2,1-4H3. The number of likely N-dealkylation sites (N-methyl/N-ethyl adjacent to an activating group) is 1. The van der Waals surface area contributed by atoms with Gasteiger partial charge in [0.1, 0.15) is 11.5 Å². The van der Waals surface area contributed by atoms with Crippen LogP contribution in [0, 0.1) is 6.92 Å². The van der Waals surface area contributed by atoms with Crippen molar-refractivity contribution < 1.29 is 4.42 Å². The molecule has 0 saturated carbocycles. The average molecular weight is 265 g/mol. The maximum absolute atomic E-state index is 5.94. The Morgan fingerprint density at radius 3 is 2.95 bits per heavy atom. The zero-order valence-electron chi connectivity index (χ0n) is 12.7. The summed E-state index contributed by atoms with van der Waals surface area (Å²) in [7, 11) is 6.31. The topological polar surface area (TPSA) is 31.7 Å². The quantitative estimate of drug-likeness (QED) is 0.880. The number of nitrogens with one attached hydrogen (secondary N) is 1. The van der Waals surface area contributed by atoms with Gasteiger partial charge in [0.25, 0.3) is 0 Å². The van der Waals surface area contributed by atoms with E-state index >= 15 is 0 Å². The van der Waals surface area contributed by atoms with Gasteiger partial charge in [0, 0.05) is 12.6 Å². The van der Waals surface area contributed by atoms with Crippen molar-refractivity contribution in [1.82, 2.24) is 15.1 Å². The first-order valence-electron chi connectivity index (χ1n) is 7.21. The van der Waals surface area contributed by atoms with Gasteiger partial charge >= 0.3 is 0 Å². The third-order valence-electron chi connectivity index (χ3n) is 4.00. The molecule has 1 unspecified atom stereocenters. The van der Waals surface area contributed by atoms with Crippen molar-refractivity contribution in [3.8, 4) is 0 Å². The van der Waals surface area contributed by atoms with Gasteiger partial charge in [0.15, 0.2) is 0 Å². The van der Waals surface area contributed by atoms with Crippen LogP contribution in [-0.2, 0) is 13.1 Å². The van der Waals surface area contributed by atoms with E-state index in [1.165, 1.54) is 24.9 Å². The Bertz CT molecular complexity index is 400. The molecule has 4 heteroatoms. The van der Waals surface area contributed by atoms with Gasteiger partial charge in [-0.1, -0.05) is 0 Å². The molecule has 1 aliphatic rings. The first-order chi connectivity index (χ1) is 9.10. The lowest BCUT2D eigenvalue weighted by molar-refractivity contribution is 0.121. The lowest BCUT2D eigenvalue weighted by atomic mass is 10.0. The summed E-state index contributed by atoms with van der Waals surface area (Å²) in [6.45, 7) is 6.21. The molecule has 2 rings (SSSR count). The van der Waals surface area contributed by atoms with Crippen molar-refractivity contribution in [3.05, 3.63) is 23.2 Å². The zero-order valence-corrected chi connectivity index (χ0v) is 12.7. The molecule has 1 saturated heterocycles. The SMILES string of the molecule is CNCc1oc(CN2CCCC(N(C)C)C2)cc1C. The molecule has 0 aliphatic carbocycles. The highest BCUT2D eigenvalue weighted by atomic mass is 16.3. The zero-order chi connectivity index (χ0) is 13.8. The minimum Gasteiger partial charge on any atom is -0.463 e. The van der Waals surface area contributed by atoms with Crippen LogP contribution in [0.3, 0.4) is 0 Å². The Kier molecular flexibility index (Phi) is 5.02. The van der Waals surface area contributed by atoms with E-state index in [9.17, 15) is 0 Å². The monoisotopic (exact) mass is 265 g/mol. The van der Waals surface area contributed by atoms with Crippen molar-refractivity contribution >= 4 is 0 Å². The molecule has 1 atom stereocenters. The third kappa shape index (κ3) is 3.81. The van der Waals surface area contributed by atoms with E-state index in [4.69, 9.17) is 4.42 Å². The van der Waals surface area contributed by atoms with Crippen molar-refractivity contribution in [3.63, 3.8) is 0 Å². The minimum atomic E-state index is 0.682. The molecule has 1 N–H and O–H groups in total. The molecule has 1 fully saturated rings. The molecular weight excluding hydrogens is 238 g/mol. The summed E-state index contributed by atoms with van der Waals surface area (Å²) in [6.07, 6.45) is 2.59. The van der Waals surface area contributed by atoms with Crippen molar-refractivity contribution in [1.29, 1.82) is 0 Å². The van der Waals surface area contributed by atoms with Crippen LogP contribution in [0.1, 0.15) is 29.9 Å². The number of hydrogen-bond donors (Lipinski definition) is 1. The fourth-order valence-corrected chi connectivity index (χ4v) is 2.82. The van der Waals surface area contributed by atoms with Crippen molar-refractivity contribution in [2.45, 2.75) is 38.9 Å². The molecule has 1 aliphatic heterocycles. The fraction of sp³-hybridized carbons (Fsp3) is 0.733. The summed E-state index contributed by atoms with van der Waals surface area (Å²) >= 11 is 0. The van der Waals surface area contributed by atoms with Crippen LogP contribution < -0.4 is 5.32 Å². The van der Waals surface area contributed by atoms with Crippen molar-refractivity contribution in [2.75, 3.05) is 34.2 Å². The summed E-state index contributed by atoms with van der Waals surface area (Å²) in [5.41, 5.74) is 1.26. The number of nitrogens with zero attached hydrogens (tertiary/aromatic N) is 2. The van der Waals surface area contributed by atoms with Gasteiger partial charge in [0.05, 0.1) is 13.1 Å². The van der Waals surface area contributed by atoms with Crippen LogP contribution in [0.25, 0.3) is 0 Å². The van der Waals surface area contributed by atoms with Gasteiger partial charge in [-0.05, 0) is 59.1 Å². The molecule has 0 aromatic carbocycles. The molecule has 19 heavy (non-hydrogen) atoms. The van der Waals surface area contributed by atoms with Gasteiger partial charge in [-0.15, -0.1) is 0 Å². The summed E-state index contributed by atoms with van der Waals surface area (Å²) in [5, 5.41) is 3.15. The van der Waals surface area contributed by atoms with E-state index in [0.717, 1.165) is 31.2 Å². The summed E-state index contributed by atoms with van der Waals surface area (Å²) < 4.78 is 5.94. The van der Waals surface area contributed by atoms with Crippen LogP contribution in [-0.4, -0.2) is 50.1 Å². The number of piperidine rings is 1. The highest BCUT2D eigenvalue weighted by Gasteiger charge is 2.22. The molecule has 0 radical (unpaired) electrons. The number of rotatable bonds is 5. The molecule has 1 aromatic rings. The van der Waals surface area contributed by atoms with Crippen LogP contribution in [0.5, 0.6) is 0 Å². The van der Waals surface area contributed by atoms with E-state index < -0.39 is 0 Å². The number of hydrogen-bond acceptors (Lipinski definition) is 4. The summed E-state index contributed by atoms with van der Waals surface area (Å²) in [6, 6.07) is 2.87. The average Bonchev–Trinajstić information content (AvgIpc) is 2.70. The van der Waals surface area contributed by atoms with E-state index in [2.05, 4.69) is 42.2 Å². The second-order valence-corrected chi connectivity index (χ2v) is 5.84. The predicted molar refractivity (Wildman–Crippen MR) is 78.2 cm³/mol. The van der Waals surface area contributed by atoms with Crippen LogP contribution in [0.4, 0.5) is 0 Å². The van der Waals surface area contributed by atoms with E-state index in [1.54, 1.807) is 0 Å². The van der Waals surface area contributed by atoms with Gasteiger partial charge in [-0.25, -0.2) is 0 Å². The molecule has 4 nitrogen and oxygen atoms in total. The van der Waals surface area contributed by atoms with Gasteiger partial charge in [-0.2, -0.15) is 0 Å². The lowest BCUT2D eigenvalue weighted by Gasteiger charge is -2.35. The molecule has 1 aromatic heterocycles. The molecule has 2 heterocycles. The van der Waals surface area contributed by atoms with Gasteiger partial charge in [-0.3, -0.25) is 4.90 Å². The van der Waals surface area contributed by atoms with Gasteiger partial charge in [0.2, 0.25) is 0 Å². The molecule has 0 amide bonds. The largest absolute Gasteiger partial charge is 0.463 e. The smallest absolute Gasteiger partial charge is 0.120 e. The Labute approximate surface area is 116 Å². The predicted octanol–water partition coefficient (Wildman–Crippen LogP) is 1.83. The Morgan fingerprint density at radius 1 is 1.47 bits per heavy atom. The Balaban J connectivity index is 1.95. The van der Waals surface area contributed by atoms with E-state index in [1.807, 2.05) is 7.05 Å². The highest BCUT2D eigenvalue weighted by molar-refractivity contribution is 5.20. The minimum absolute atomic E-state index is 0.682. The van der Waals surface area contributed by atoms with E-state index in [0.29, 0.717) is 6.04 Å². The number of likely N-dealkylation sites (tertiary alicyclic amines) is 1. The van der Waals surface area contributed by atoms with Crippen LogP contribution >= 0.6 is 0 Å². The molecular formula is C15H27N3O. The molecule has 0 spiro atoms. The summed E-state index contributed by atoms with van der Waals surface area (Å²) in [4.78, 5) is 4.85. The molecule has 0 bridgehead atoms. The normalized spacial score (nSPS) is 21.2. The van der Waals surface area contributed by atoms with E-state index in [-0.39, 0.29) is 0 Å².